The standard InChI is InChI=1S/C18H15BrN4O6/c1-27-18(26)11-4-2-10(3-5-11)15(24)20-8-9-21-16(25)17-22-14(23-29-17)12-6-7-13(19)28-12/h2-7H,8-9H2,1H3,(H,20,24)(H,21,25). The Bertz CT molecular complexity index is 1030. The van der Waals surface area contributed by atoms with Gasteiger partial charge in [0.2, 0.25) is 5.82 Å². The fourth-order valence-corrected chi connectivity index (χ4v) is 2.56. The fourth-order valence-electron chi connectivity index (χ4n) is 2.26. The molecule has 10 nitrogen and oxygen atoms in total. The van der Waals surface area contributed by atoms with Crippen LogP contribution in [0.1, 0.15) is 31.4 Å². The molecule has 0 radical (unpaired) electrons. The molecule has 0 saturated heterocycles. The lowest BCUT2D eigenvalue weighted by molar-refractivity contribution is 0.0600. The zero-order chi connectivity index (χ0) is 20.8. The van der Waals surface area contributed by atoms with Crippen molar-refractivity contribution in [3.05, 3.63) is 58.1 Å². The average Bonchev–Trinajstić information content (AvgIpc) is 3.39. The lowest BCUT2D eigenvalue weighted by Crippen LogP contribution is -2.34. The van der Waals surface area contributed by atoms with Gasteiger partial charge in [0.1, 0.15) is 0 Å². The normalized spacial score (nSPS) is 10.4. The largest absolute Gasteiger partial charge is 0.465 e. The van der Waals surface area contributed by atoms with Crippen LogP contribution in [0.4, 0.5) is 0 Å². The minimum atomic E-state index is -0.578. The van der Waals surface area contributed by atoms with Crippen LogP contribution in [0.3, 0.4) is 0 Å². The summed E-state index contributed by atoms with van der Waals surface area (Å²) in [7, 11) is 1.28. The topological polar surface area (TPSA) is 137 Å². The van der Waals surface area contributed by atoms with Crippen molar-refractivity contribution in [2.75, 3.05) is 20.2 Å². The number of ether oxygens (including phenoxy) is 1. The van der Waals surface area contributed by atoms with Gasteiger partial charge in [0, 0.05) is 18.7 Å². The summed E-state index contributed by atoms with van der Waals surface area (Å²) in [6, 6.07) is 9.29. The highest BCUT2D eigenvalue weighted by atomic mass is 79.9. The SMILES string of the molecule is COC(=O)c1ccc(C(=O)NCCNC(=O)c2nc(-c3ccc(Br)o3)no2)cc1. The highest BCUT2D eigenvalue weighted by molar-refractivity contribution is 9.10. The number of furan rings is 1. The number of benzene rings is 1. The number of hydrogen-bond donors (Lipinski definition) is 2. The summed E-state index contributed by atoms with van der Waals surface area (Å²) in [6.07, 6.45) is 0. The Labute approximate surface area is 172 Å². The molecule has 150 valence electrons. The monoisotopic (exact) mass is 462 g/mol. The quantitative estimate of drug-likeness (QED) is 0.401. The Morgan fingerprint density at radius 3 is 2.28 bits per heavy atom. The fraction of sp³-hybridized carbons (Fsp3) is 0.167. The van der Waals surface area contributed by atoms with Crippen molar-refractivity contribution in [1.82, 2.24) is 20.8 Å². The first-order valence-corrected chi connectivity index (χ1v) is 9.11. The highest BCUT2D eigenvalue weighted by Gasteiger charge is 2.17. The number of carbonyl (C=O) groups is 3. The number of aromatic nitrogens is 2. The predicted octanol–water partition coefficient (Wildman–Crippen LogP) is 2.04. The van der Waals surface area contributed by atoms with Crippen LogP contribution in [0.15, 0.2) is 50.0 Å². The molecule has 0 aliphatic carbocycles. The van der Waals surface area contributed by atoms with E-state index in [2.05, 4.69) is 41.4 Å². The van der Waals surface area contributed by atoms with E-state index in [0.29, 0.717) is 21.6 Å². The van der Waals surface area contributed by atoms with Crippen molar-refractivity contribution in [1.29, 1.82) is 0 Å². The van der Waals surface area contributed by atoms with Crippen molar-refractivity contribution in [3.8, 4) is 11.6 Å². The number of rotatable bonds is 7. The van der Waals surface area contributed by atoms with Crippen LogP contribution in [-0.2, 0) is 4.74 Å². The number of methoxy groups -OCH3 is 1. The van der Waals surface area contributed by atoms with Gasteiger partial charge in [-0.1, -0.05) is 5.16 Å². The van der Waals surface area contributed by atoms with Crippen molar-refractivity contribution in [2.45, 2.75) is 0 Å². The maximum atomic E-state index is 12.1. The summed E-state index contributed by atoms with van der Waals surface area (Å²) in [6.45, 7) is 0.324. The van der Waals surface area contributed by atoms with E-state index in [1.165, 1.54) is 31.4 Å². The molecule has 2 aromatic heterocycles. The minimum absolute atomic E-state index is 0.143. The molecule has 3 aromatic rings. The van der Waals surface area contributed by atoms with E-state index < -0.39 is 11.9 Å². The van der Waals surface area contributed by atoms with Gasteiger partial charge in [-0.05, 0) is 52.3 Å². The summed E-state index contributed by atoms with van der Waals surface area (Å²) in [5.74, 6) is -1.14. The molecule has 3 rings (SSSR count). The first-order chi connectivity index (χ1) is 14.0. The van der Waals surface area contributed by atoms with Crippen molar-refractivity contribution in [2.24, 2.45) is 0 Å². The number of nitrogens with one attached hydrogen (secondary N) is 2. The zero-order valence-corrected chi connectivity index (χ0v) is 16.7. The number of hydrogen-bond acceptors (Lipinski definition) is 8. The average molecular weight is 463 g/mol. The van der Waals surface area contributed by atoms with Gasteiger partial charge in [-0.25, -0.2) is 4.79 Å². The van der Waals surface area contributed by atoms with Gasteiger partial charge in [0.05, 0.1) is 12.7 Å². The van der Waals surface area contributed by atoms with Gasteiger partial charge in [-0.2, -0.15) is 4.98 Å². The van der Waals surface area contributed by atoms with Crippen molar-refractivity contribution in [3.63, 3.8) is 0 Å². The van der Waals surface area contributed by atoms with Crippen LogP contribution in [0.25, 0.3) is 11.6 Å². The lowest BCUT2D eigenvalue weighted by Gasteiger charge is -2.06. The molecule has 11 heteroatoms. The summed E-state index contributed by atoms with van der Waals surface area (Å²) in [4.78, 5) is 39.4. The molecule has 2 N–H and O–H groups in total. The molecule has 0 atom stereocenters. The highest BCUT2D eigenvalue weighted by Crippen LogP contribution is 2.22. The summed E-state index contributed by atoms with van der Waals surface area (Å²) in [5.41, 5.74) is 0.715. The third-order valence-electron chi connectivity index (χ3n) is 3.68. The van der Waals surface area contributed by atoms with Crippen molar-refractivity contribution >= 4 is 33.7 Å². The van der Waals surface area contributed by atoms with Gasteiger partial charge in [0.15, 0.2) is 10.4 Å². The Kier molecular flexibility index (Phi) is 6.39. The maximum absolute atomic E-state index is 12.1. The number of halogens is 1. The van der Waals surface area contributed by atoms with E-state index in [-0.39, 0.29) is 30.7 Å². The molecule has 0 bridgehead atoms. The minimum Gasteiger partial charge on any atom is -0.465 e. The molecular formula is C18H15BrN4O6. The van der Waals surface area contributed by atoms with Gasteiger partial charge in [0.25, 0.3) is 5.91 Å². The smallest absolute Gasteiger partial charge is 0.337 e. The van der Waals surface area contributed by atoms with E-state index >= 15 is 0 Å². The molecule has 0 saturated carbocycles. The summed E-state index contributed by atoms with van der Waals surface area (Å²) >= 11 is 3.16. The third kappa shape index (κ3) is 5.08. The first kappa shape index (κ1) is 20.3. The molecule has 0 spiro atoms. The van der Waals surface area contributed by atoms with E-state index in [1.54, 1.807) is 12.1 Å². The Morgan fingerprint density at radius 1 is 1.00 bits per heavy atom. The van der Waals surface area contributed by atoms with Crippen LogP contribution in [0, 0.1) is 0 Å². The summed E-state index contributed by atoms with van der Waals surface area (Å²) < 4.78 is 15.3. The van der Waals surface area contributed by atoms with Crippen molar-refractivity contribution < 1.29 is 28.1 Å². The third-order valence-corrected chi connectivity index (χ3v) is 4.10. The molecule has 2 heterocycles. The number of nitrogens with zero attached hydrogens (tertiary/aromatic N) is 2. The number of carbonyl (C=O) groups excluding carboxylic acids is 3. The Balaban J connectivity index is 1.45. The number of esters is 1. The van der Waals surface area contributed by atoms with E-state index in [0.717, 1.165) is 0 Å². The first-order valence-electron chi connectivity index (χ1n) is 8.32. The second-order valence-electron chi connectivity index (χ2n) is 5.61. The Hall–Kier alpha value is -3.47. The second-order valence-corrected chi connectivity index (χ2v) is 6.39. The lowest BCUT2D eigenvalue weighted by atomic mass is 10.1. The van der Waals surface area contributed by atoms with E-state index in [1.807, 2.05) is 0 Å². The van der Waals surface area contributed by atoms with Gasteiger partial charge in [-0.3, -0.25) is 9.59 Å². The van der Waals surface area contributed by atoms with Gasteiger partial charge >= 0.3 is 17.8 Å². The molecule has 2 amide bonds. The van der Waals surface area contributed by atoms with Crippen LogP contribution < -0.4 is 10.6 Å². The number of amides is 2. The molecule has 0 aliphatic heterocycles. The van der Waals surface area contributed by atoms with Crippen LogP contribution in [0.2, 0.25) is 0 Å². The molecule has 0 fully saturated rings. The molecule has 0 unspecified atom stereocenters. The van der Waals surface area contributed by atoms with E-state index in [4.69, 9.17) is 8.94 Å². The molecule has 29 heavy (non-hydrogen) atoms. The zero-order valence-electron chi connectivity index (χ0n) is 15.1. The van der Waals surface area contributed by atoms with Crippen LogP contribution in [-0.4, -0.2) is 48.1 Å². The Morgan fingerprint density at radius 2 is 1.66 bits per heavy atom. The maximum Gasteiger partial charge on any atom is 0.337 e. The van der Waals surface area contributed by atoms with Crippen LogP contribution in [0.5, 0.6) is 0 Å². The van der Waals surface area contributed by atoms with E-state index in [9.17, 15) is 14.4 Å². The van der Waals surface area contributed by atoms with Gasteiger partial charge in [-0.15, -0.1) is 0 Å². The molecule has 0 aliphatic rings. The molecule has 1 aromatic carbocycles. The van der Waals surface area contributed by atoms with Gasteiger partial charge < -0.3 is 24.3 Å². The molecular weight excluding hydrogens is 448 g/mol. The second kappa shape index (κ2) is 9.15. The predicted molar refractivity (Wildman–Crippen MR) is 102 cm³/mol. The van der Waals surface area contributed by atoms with Crippen LogP contribution >= 0.6 is 15.9 Å². The summed E-state index contributed by atoms with van der Waals surface area (Å²) in [5, 5.41) is 8.88.